The standard InChI is InChI=1S/C23H23FN4OS/c24-17-8-1-2-10-19(17)28-22(21(26-23(28)30)18-9-3-4-12-25-18)20-11-5-13-27(20)15-16-7-6-14-29-16/h1-5,8-13,16,21-22H,6-7,14-15H2,(H,26,30)/t16-,21-,22-/m1/s1. The van der Waals surface area contributed by atoms with Crippen molar-refractivity contribution in [2.75, 3.05) is 11.5 Å². The third kappa shape index (κ3) is 3.48. The lowest BCUT2D eigenvalue weighted by atomic mass is 10.0. The molecule has 2 fully saturated rings. The van der Waals surface area contributed by atoms with Crippen LogP contribution in [0.5, 0.6) is 0 Å². The van der Waals surface area contributed by atoms with Gasteiger partial charge in [0.2, 0.25) is 0 Å². The van der Waals surface area contributed by atoms with Crippen LogP contribution in [0.3, 0.4) is 0 Å². The zero-order chi connectivity index (χ0) is 20.5. The van der Waals surface area contributed by atoms with Gasteiger partial charge >= 0.3 is 0 Å². The van der Waals surface area contributed by atoms with E-state index in [0.717, 1.165) is 37.4 Å². The van der Waals surface area contributed by atoms with E-state index in [-0.39, 0.29) is 24.0 Å². The highest BCUT2D eigenvalue weighted by molar-refractivity contribution is 7.80. The maximum Gasteiger partial charge on any atom is 0.174 e. The monoisotopic (exact) mass is 422 g/mol. The largest absolute Gasteiger partial charge is 0.376 e. The minimum absolute atomic E-state index is 0.198. The molecule has 30 heavy (non-hydrogen) atoms. The first-order valence-corrected chi connectivity index (χ1v) is 10.6. The normalized spacial score (nSPS) is 23.7. The molecule has 1 N–H and O–H groups in total. The first kappa shape index (κ1) is 19.2. The van der Waals surface area contributed by atoms with Crippen molar-refractivity contribution in [3.63, 3.8) is 0 Å². The van der Waals surface area contributed by atoms with Crippen LogP contribution in [0.25, 0.3) is 0 Å². The Kier molecular flexibility index (Phi) is 5.23. The lowest BCUT2D eigenvalue weighted by Crippen LogP contribution is -2.31. The van der Waals surface area contributed by atoms with Crippen molar-refractivity contribution in [3.8, 4) is 0 Å². The van der Waals surface area contributed by atoms with Crippen molar-refractivity contribution in [1.29, 1.82) is 0 Å². The lowest BCUT2D eigenvalue weighted by molar-refractivity contribution is 0.0961. The summed E-state index contributed by atoms with van der Waals surface area (Å²) < 4.78 is 22.9. The number of para-hydroxylation sites is 1. The van der Waals surface area contributed by atoms with Gasteiger partial charge in [-0.2, -0.15) is 0 Å². The van der Waals surface area contributed by atoms with Gasteiger partial charge in [0, 0.05) is 31.2 Å². The summed E-state index contributed by atoms with van der Waals surface area (Å²) in [5.41, 5.74) is 2.38. The number of thiocarbonyl (C=S) groups is 1. The molecule has 0 aliphatic carbocycles. The number of nitrogens with one attached hydrogen (secondary N) is 1. The van der Waals surface area contributed by atoms with Gasteiger partial charge in [-0.25, -0.2) is 4.39 Å². The molecule has 5 nitrogen and oxygen atoms in total. The van der Waals surface area contributed by atoms with Gasteiger partial charge in [0.15, 0.2) is 5.11 Å². The zero-order valence-corrected chi connectivity index (χ0v) is 17.3. The smallest absolute Gasteiger partial charge is 0.174 e. The number of pyridine rings is 1. The van der Waals surface area contributed by atoms with Crippen molar-refractivity contribution >= 4 is 23.0 Å². The van der Waals surface area contributed by atoms with E-state index in [9.17, 15) is 4.39 Å². The molecule has 0 amide bonds. The molecule has 4 heterocycles. The molecule has 5 rings (SSSR count). The number of nitrogens with zero attached hydrogens (tertiary/aromatic N) is 3. The highest BCUT2D eigenvalue weighted by Crippen LogP contribution is 2.42. The number of hydrogen-bond donors (Lipinski definition) is 1. The van der Waals surface area contributed by atoms with Crippen LogP contribution in [0.15, 0.2) is 67.0 Å². The first-order valence-electron chi connectivity index (χ1n) is 10.2. The van der Waals surface area contributed by atoms with E-state index >= 15 is 0 Å². The number of rotatable bonds is 5. The molecule has 0 radical (unpaired) electrons. The van der Waals surface area contributed by atoms with E-state index in [2.05, 4.69) is 27.1 Å². The van der Waals surface area contributed by atoms with E-state index < -0.39 is 0 Å². The SMILES string of the molecule is Fc1ccccc1N1C(=S)N[C@H](c2ccccn2)[C@H]1c1cccn1C[C@H]1CCCO1. The van der Waals surface area contributed by atoms with Crippen LogP contribution in [-0.4, -0.2) is 27.4 Å². The maximum atomic E-state index is 14.8. The molecule has 2 saturated heterocycles. The third-order valence-corrected chi connectivity index (χ3v) is 6.12. The molecule has 0 unspecified atom stereocenters. The van der Waals surface area contributed by atoms with Gasteiger partial charge in [0.25, 0.3) is 0 Å². The molecule has 3 aromatic rings. The van der Waals surface area contributed by atoms with E-state index in [1.807, 2.05) is 35.2 Å². The minimum Gasteiger partial charge on any atom is -0.376 e. The van der Waals surface area contributed by atoms with Crippen LogP contribution in [0.1, 0.15) is 36.3 Å². The lowest BCUT2D eigenvalue weighted by Gasteiger charge is -2.29. The Morgan fingerprint density at radius 3 is 2.77 bits per heavy atom. The number of ether oxygens (including phenoxy) is 1. The van der Waals surface area contributed by atoms with Gasteiger partial charge in [0.05, 0.1) is 23.5 Å². The molecule has 154 valence electrons. The van der Waals surface area contributed by atoms with Gasteiger partial charge in [-0.05, 0) is 61.5 Å². The second-order valence-electron chi connectivity index (χ2n) is 7.67. The highest BCUT2D eigenvalue weighted by Gasteiger charge is 2.43. The van der Waals surface area contributed by atoms with Crippen molar-refractivity contribution in [2.45, 2.75) is 37.6 Å². The van der Waals surface area contributed by atoms with Crippen molar-refractivity contribution in [3.05, 3.63) is 84.2 Å². The molecule has 0 spiro atoms. The molecule has 2 aromatic heterocycles. The topological polar surface area (TPSA) is 42.3 Å². The summed E-state index contributed by atoms with van der Waals surface area (Å²) in [5, 5.41) is 3.88. The highest BCUT2D eigenvalue weighted by atomic mass is 32.1. The molecule has 1 aromatic carbocycles. The van der Waals surface area contributed by atoms with Crippen LogP contribution in [0.2, 0.25) is 0 Å². The summed E-state index contributed by atoms with van der Waals surface area (Å²) in [6.45, 7) is 1.58. The van der Waals surface area contributed by atoms with Gasteiger partial charge in [0.1, 0.15) is 11.9 Å². The van der Waals surface area contributed by atoms with Crippen molar-refractivity contribution < 1.29 is 9.13 Å². The van der Waals surface area contributed by atoms with Crippen molar-refractivity contribution in [1.82, 2.24) is 14.9 Å². The summed E-state index contributed by atoms with van der Waals surface area (Å²) in [5.74, 6) is -0.300. The van der Waals surface area contributed by atoms with Gasteiger partial charge < -0.3 is 19.5 Å². The fourth-order valence-corrected chi connectivity index (χ4v) is 4.77. The number of anilines is 1. The van der Waals surface area contributed by atoms with E-state index in [1.165, 1.54) is 6.07 Å². The molecule has 0 saturated carbocycles. The molecule has 3 atom stereocenters. The summed E-state index contributed by atoms with van der Waals surface area (Å²) in [4.78, 5) is 6.44. The average molecular weight is 423 g/mol. The van der Waals surface area contributed by atoms with Crippen LogP contribution in [-0.2, 0) is 11.3 Å². The third-order valence-electron chi connectivity index (χ3n) is 5.80. The minimum atomic E-state index is -0.300. The van der Waals surface area contributed by atoms with E-state index in [0.29, 0.717) is 10.8 Å². The molecular weight excluding hydrogens is 399 g/mol. The predicted octanol–water partition coefficient (Wildman–Crippen LogP) is 4.38. The zero-order valence-electron chi connectivity index (χ0n) is 16.4. The second-order valence-corrected chi connectivity index (χ2v) is 8.06. The maximum absolute atomic E-state index is 14.8. The molecule has 2 aliphatic rings. The Bertz CT molecular complexity index is 1030. The van der Waals surface area contributed by atoms with Gasteiger partial charge in [-0.15, -0.1) is 0 Å². The van der Waals surface area contributed by atoms with Crippen LogP contribution in [0, 0.1) is 5.82 Å². The number of halogens is 1. The Balaban J connectivity index is 1.59. The van der Waals surface area contributed by atoms with Crippen LogP contribution < -0.4 is 10.2 Å². The fourth-order valence-electron chi connectivity index (χ4n) is 4.43. The van der Waals surface area contributed by atoms with E-state index in [1.54, 1.807) is 18.3 Å². The second kappa shape index (κ2) is 8.16. The summed E-state index contributed by atoms with van der Waals surface area (Å²) >= 11 is 5.68. The summed E-state index contributed by atoms with van der Waals surface area (Å²) in [7, 11) is 0. The van der Waals surface area contributed by atoms with Gasteiger partial charge in [-0.3, -0.25) is 4.98 Å². The quantitative estimate of drug-likeness (QED) is 0.618. The number of benzene rings is 1. The summed E-state index contributed by atoms with van der Waals surface area (Å²) in [6, 6.07) is 16.3. The molecule has 0 bridgehead atoms. The first-order chi connectivity index (χ1) is 14.7. The predicted molar refractivity (Wildman–Crippen MR) is 118 cm³/mol. The van der Waals surface area contributed by atoms with Crippen LogP contribution in [0.4, 0.5) is 10.1 Å². The van der Waals surface area contributed by atoms with Gasteiger partial charge in [-0.1, -0.05) is 18.2 Å². The Labute approximate surface area is 180 Å². The van der Waals surface area contributed by atoms with Crippen molar-refractivity contribution in [2.24, 2.45) is 0 Å². The molecule has 2 aliphatic heterocycles. The number of aromatic nitrogens is 2. The van der Waals surface area contributed by atoms with Crippen LogP contribution >= 0.6 is 12.2 Å². The summed E-state index contributed by atoms with van der Waals surface area (Å²) in [6.07, 6.45) is 6.18. The Morgan fingerprint density at radius 2 is 2.00 bits per heavy atom. The molecular formula is C23H23FN4OS. The molecule has 7 heteroatoms. The fraction of sp³-hybridized carbons (Fsp3) is 0.304. The number of hydrogen-bond acceptors (Lipinski definition) is 3. The van der Waals surface area contributed by atoms with E-state index in [4.69, 9.17) is 17.0 Å². The average Bonchev–Trinajstić information content (AvgIpc) is 3.50. The Hall–Kier alpha value is -2.77. The Morgan fingerprint density at radius 1 is 1.13 bits per heavy atom.